The van der Waals surface area contributed by atoms with Crippen LogP contribution in [0.4, 0.5) is 5.82 Å². The maximum atomic E-state index is 5.79. The number of fused-ring (bicyclic) bond motifs is 1. The highest BCUT2D eigenvalue weighted by Gasteiger charge is 2.10. The molecule has 0 spiro atoms. The number of ether oxygens (including phenoxy) is 1. The van der Waals surface area contributed by atoms with E-state index in [-0.39, 0.29) is 6.10 Å². The Bertz CT molecular complexity index is 615. The molecule has 0 amide bonds. The number of thiocarbonyl (C=S) groups is 1. The zero-order valence-corrected chi connectivity index (χ0v) is 12.5. The Morgan fingerprint density at radius 1 is 1.45 bits per heavy atom. The van der Waals surface area contributed by atoms with Crippen molar-refractivity contribution in [1.82, 2.24) is 4.98 Å². The molecule has 4 nitrogen and oxygen atoms in total. The fourth-order valence-corrected chi connectivity index (χ4v) is 2.18. The largest absolute Gasteiger partial charge is 0.389 e. The smallest absolute Gasteiger partial charge is 0.137 e. The van der Waals surface area contributed by atoms with Gasteiger partial charge >= 0.3 is 0 Å². The summed E-state index contributed by atoms with van der Waals surface area (Å²) in [7, 11) is 0. The van der Waals surface area contributed by atoms with Gasteiger partial charge in [-0.25, -0.2) is 4.98 Å². The van der Waals surface area contributed by atoms with E-state index >= 15 is 0 Å². The van der Waals surface area contributed by atoms with Crippen LogP contribution in [0.3, 0.4) is 0 Å². The van der Waals surface area contributed by atoms with Crippen molar-refractivity contribution in [3.8, 4) is 0 Å². The van der Waals surface area contributed by atoms with Gasteiger partial charge in [-0.3, -0.25) is 0 Å². The van der Waals surface area contributed by atoms with E-state index in [9.17, 15) is 0 Å². The summed E-state index contributed by atoms with van der Waals surface area (Å²) in [5, 5.41) is 4.29. The van der Waals surface area contributed by atoms with Gasteiger partial charge in [0.25, 0.3) is 0 Å². The van der Waals surface area contributed by atoms with E-state index in [2.05, 4.69) is 10.3 Å². The van der Waals surface area contributed by atoms with Crippen LogP contribution >= 0.6 is 12.2 Å². The first-order chi connectivity index (χ1) is 9.61. The van der Waals surface area contributed by atoms with Crippen LogP contribution in [0.2, 0.25) is 0 Å². The molecule has 0 bridgehead atoms. The van der Waals surface area contributed by atoms with E-state index in [4.69, 9.17) is 22.7 Å². The van der Waals surface area contributed by atoms with Gasteiger partial charge in [-0.2, -0.15) is 0 Å². The SMILES string of the molecule is CCOC(C)CNc1nc2ccccc2cc1C(N)=S. The molecule has 0 fully saturated rings. The van der Waals surface area contributed by atoms with Crippen LogP contribution in [0.1, 0.15) is 19.4 Å². The molecule has 1 aromatic heterocycles. The molecule has 1 atom stereocenters. The Labute approximate surface area is 124 Å². The topological polar surface area (TPSA) is 60.2 Å². The van der Waals surface area contributed by atoms with Crippen LogP contribution in [0.5, 0.6) is 0 Å². The summed E-state index contributed by atoms with van der Waals surface area (Å²) < 4.78 is 5.50. The predicted octanol–water partition coefficient (Wildman–Crippen LogP) is 2.71. The molecular formula is C15H19N3OS. The molecule has 0 aliphatic carbocycles. The van der Waals surface area contributed by atoms with Crippen molar-refractivity contribution in [1.29, 1.82) is 0 Å². The Morgan fingerprint density at radius 3 is 2.90 bits per heavy atom. The standard InChI is InChI=1S/C15H19N3OS/c1-3-19-10(2)9-17-15-12(14(16)20)8-11-6-4-5-7-13(11)18-15/h4-8,10H,3,9H2,1-2H3,(H2,16,20)(H,17,18). The minimum absolute atomic E-state index is 0.104. The van der Waals surface area contributed by atoms with Gasteiger partial charge in [0, 0.05) is 18.5 Å². The lowest BCUT2D eigenvalue weighted by atomic mass is 10.1. The van der Waals surface area contributed by atoms with Gasteiger partial charge in [0.15, 0.2) is 0 Å². The summed E-state index contributed by atoms with van der Waals surface area (Å²) in [6.07, 6.45) is 0.104. The third kappa shape index (κ3) is 3.43. The molecule has 0 saturated carbocycles. The predicted molar refractivity (Wildman–Crippen MR) is 87.2 cm³/mol. The van der Waals surface area contributed by atoms with Crippen LogP contribution in [-0.4, -0.2) is 29.2 Å². The van der Waals surface area contributed by atoms with Crippen molar-refractivity contribution < 1.29 is 4.74 Å². The molecular weight excluding hydrogens is 270 g/mol. The number of anilines is 1. The van der Waals surface area contributed by atoms with Crippen LogP contribution in [0.15, 0.2) is 30.3 Å². The first kappa shape index (κ1) is 14.7. The first-order valence-corrected chi connectivity index (χ1v) is 7.07. The maximum absolute atomic E-state index is 5.79. The molecule has 1 aromatic carbocycles. The third-order valence-corrected chi connectivity index (χ3v) is 3.22. The second-order valence-corrected chi connectivity index (χ2v) is 5.03. The minimum atomic E-state index is 0.104. The summed E-state index contributed by atoms with van der Waals surface area (Å²) >= 11 is 5.11. The number of pyridine rings is 1. The third-order valence-electron chi connectivity index (χ3n) is 3.00. The number of benzene rings is 1. The number of nitrogens with two attached hydrogens (primary N) is 1. The van der Waals surface area contributed by atoms with Crippen molar-refractivity contribution in [3.63, 3.8) is 0 Å². The second kappa shape index (κ2) is 6.63. The summed E-state index contributed by atoms with van der Waals surface area (Å²) in [5.74, 6) is 0.711. The molecule has 20 heavy (non-hydrogen) atoms. The lowest BCUT2D eigenvalue weighted by Gasteiger charge is -2.15. The zero-order chi connectivity index (χ0) is 14.5. The van der Waals surface area contributed by atoms with E-state index in [1.807, 2.05) is 44.2 Å². The number of para-hydroxylation sites is 1. The number of aromatic nitrogens is 1. The van der Waals surface area contributed by atoms with Gasteiger partial charge in [0.2, 0.25) is 0 Å². The van der Waals surface area contributed by atoms with Crippen molar-refractivity contribution in [2.24, 2.45) is 5.73 Å². The van der Waals surface area contributed by atoms with E-state index in [0.717, 1.165) is 16.5 Å². The van der Waals surface area contributed by atoms with Crippen LogP contribution < -0.4 is 11.1 Å². The highest BCUT2D eigenvalue weighted by molar-refractivity contribution is 7.80. The number of hydrogen-bond acceptors (Lipinski definition) is 4. The molecule has 106 valence electrons. The quantitative estimate of drug-likeness (QED) is 0.801. The molecule has 0 aliphatic rings. The fourth-order valence-electron chi connectivity index (χ4n) is 2.02. The molecule has 0 radical (unpaired) electrons. The Balaban J connectivity index is 2.30. The van der Waals surface area contributed by atoms with Gasteiger partial charge in [-0.05, 0) is 26.0 Å². The molecule has 3 N–H and O–H groups in total. The molecule has 0 saturated heterocycles. The lowest BCUT2D eigenvalue weighted by molar-refractivity contribution is 0.0855. The number of rotatable bonds is 6. The van der Waals surface area contributed by atoms with Gasteiger partial charge in [0.1, 0.15) is 10.8 Å². The van der Waals surface area contributed by atoms with E-state index in [1.165, 1.54) is 0 Å². The van der Waals surface area contributed by atoms with Gasteiger partial charge < -0.3 is 15.8 Å². The van der Waals surface area contributed by atoms with E-state index in [0.29, 0.717) is 24.0 Å². The molecule has 5 heteroatoms. The summed E-state index contributed by atoms with van der Waals surface area (Å²) in [4.78, 5) is 4.94. The van der Waals surface area contributed by atoms with Crippen LogP contribution in [0, 0.1) is 0 Å². The van der Waals surface area contributed by atoms with E-state index < -0.39 is 0 Å². The molecule has 1 unspecified atom stereocenters. The minimum Gasteiger partial charge on any atom is -0.389 e. The van der Waals surface area contributed by atoms with Crippen molar-refractivity contribution in [2.45, 2.75) is 20.0 Å². The molecule has 2 aromatic rings. The lowest BCUT2D eigenvalue weighted by Crippen LogP contribution is -2.22. The Hall–Kier alpha value is -1.72. The monoisotopic (exact) mass is 289 g/mol. The average Bonchev–Trinajstić information content (AvgIpc) is 2.44. The second-order valence-electron chi connectivity index (χ2n) is 4.59. The normalized spacial score (nSPS) is 12.3. The van der Waals surface area contributed by atoms with Gasteiger partial charge in [-0.1, -0.05) is 30.4 Å². The van der Waals surface area contributed by atoms with Crippen molar-refractivity contribution in [2.75, 3.05) is 18.5 Å². The average molecular weight is 289 g/mol. The highest BCUT2D eigenvalue weighted by Crippen LogP contribution is 2.20. The molecule has 2 rings (SSSR count). The first-order valence-electron chi connectivity index (χ1n) is 6.67. The fraction of sp³-hybridized carbons (Fsp3) is 0.333. The van der Waals surface area contributed by atoms with Gasteiger partial charge in [0.05, 0.1) is 17.2 Å². The van der Waals surface area contributed by atoms with Crippen molar-refractivity contribution in [3.05, 3.63) is 35.9 Å². The van der Waals surface area contributed by atoms with Crippen LogP contribution in [-0.2, 0) is 4.74 Å². The number of nitrogens with zero attached hydrogens (tertiary/aromatic N) is 1. The summed E-state index contributed by atoms with van der Waals surface area (Å²) in [5.41, 5.74) is 7.47. The number of nitrogens with one attached hydrogen (secondary N) is 1. The highest BCUT2D eigenvalue weighted by atomic mass is 32.1. The van der Waals surface area contributed by atoms with Gasteiger partial charge in [-0.15, -0.1) is 0 Å². The number of hydrogen-bond donors (Lipinski definition) is 2. The summed E-state index contributed by atoms with van der Waals surface area (Å²) in [6, 6.07) is 9.87. The van der Waals surface area contributed by atoms with E-state index in [1.54, 1.807) is 0 Å². The molecule has 1 heterocycles. The zero-order valence-electron chi connectivity index (χ0n) is 11.7. The Morgan fingerprint density at radius 2 is 2.20 bits per heavy atom. The summed E-state index contributed by atoms with van der Waals surface area (Å²) in [6.45, 7) is 5.34. The maximum Gasteiger partial charge on any atom is 0.137 e. The van der Waals surface area contributed by atoms with Crippen LogP contribution in [0.25, 0.3) is 10.9 Å². The Kier molecular flexibility index (Phi) is 4.87. The molecule has 0 aliphatic heterocycles. The van der Waals surface area contributed by atoms with Crippen molar-refractivity contribution >= 4 is 33.9 Å².